The van der Waals surface area contributed by atoms with Crippen molar-refractivity contribution in [3.8, 4) is 5.75 Å². The molecule has 0 radical (unpaired) electrons. The van der Waals surface area contributed by atoms with E-state index in [1.165, 1.54) is 11.1 Å². The van der Waals surface area contributed by atoms with E-state index < -0.39 is 0 Å². The zero-order valence-electron chi connectivity index (χ0n) is 16.4. The molecule has 0 bridgehead atoms. The Morgan fingerprint density at radius 2 is 2.10 bits per heavy atom. The molecule has 1 amide bonds. The molecular formula is C22H24N4O2S. The number of hydrogen-bond acceptors (Lipinski definition) is 6. The maximum Gasteiger partial charge on any atom is 0.255 e. The standard InChI is InChI=1S/C22H24N4O2S/c1-28-19-13-18-20(29-22(25-18)26-10-8-23-9-11-26)12-16(19)21(27)24-17-7-6-14-4-2-3-5-15(14)17/h2-5,12-13,17,23H,6-11H2,1H3,(H,24,27). The molecule has 1 aliphatic heterocycles. The van der Waals surface area contributed by atoms with Crippen molar-refractivity contribution in [1.82, 2.24) is 15.6 Å². The summed E-state index contributed by atoms with van der Waals surface area (Å²) in [5.74, 6) is 0.473. The maximum absolute atomic E-state index is 13.1. The van der Waals surface area contributed by atoms with Crippen LogP contribution < -0.4 is 20.3 Å². The first-order valence-corrected chi connectivity index (χ1v) is 10.9. The first-order chi connectivity index (χ1) is 14.2. The van der Waals surface area contributed by atoms with Gasteiger partial charge in [0.05, 0.1) is 28.9 Å². The van der Waals surface area contributed by atoms with E-state index in [2.05, 4.69) is 33.7 Å². The van der Waals surface area contributed by atoms with Gasteiger partial charge in [0, 0.05) is 32.2 Å². The molecule has 29 heavy (non-hydrogen) atoms. The summed E-state index contributed by atoms with van der Waals surface area (Å²) < 4.78 is 6.55. The zero-order chi connectivity index (χ0) is 19.8. The summed E-state index contributed by atoms with van der Waals surface area (Å²) in [4.78, 5) is 20.2. The second-order valence-corrected chi connectivity index (χ2v) is 8.53. The first-order valence-electron chi connectivity index (χ1n) is 10.1. The van der Waals surface area contributed by atoms with Crippen molar-refractivity contribution in [2.45, 2.75) is 18.9 Å². The number of piperazine rings is 1. The van der Waals surface area contributed by atoms with Gasteiger partial charge in [-0.1, -0.05) is 35.6 Å². The van der Waals surface area contributed by atoms with E-state index in [4.69, 9.17) is 9.72 Å². The smallest absolute Gasteiger partial charge is 0.255 e. The Bertz CT molecular complexity index is 1060. The van der Waals surface area contributed by atoms with Crippen LogP contribution in [0.4, 0.5) is 5.13 Å². The zero-order valence-corrected chi connectivity index (χ0v) is 17.2. The summed E-state index contributed by atoms with van der Waals surface area (Å²) in [5.41, 5.74) is 3.99. The molecule has 5 rings (SSSR count). The molecular weight excluding hydrogens is 384 g/mol. The van der Waals surface area contributed by atoms with E-state index in [9.17, 15) is 4.79 Å². The van der Waals surface area contributed by atoms with E-state index in [1.54, 1.807) is 18.4 Å². The van der Waals surface area contributed by atoms with E-state index in [0.717, 1.165) is 54.4 Å². The fourth-order valence-electron chi connectivity index (χ4n) is 4.22. The van der Waals surface area contributed by atoms with Crippen LogP contribution in [0.1, 0.15) is 33.9 Å². The van der Waals surface area contributed by atoms with Crippen molar-refractivity contribution in [3.63, 3.8) is 0 Å². The lowest BCUT2D eigenvalue weighted by Gasteiger charge is -2.26. The van der Waals surface area contributed by atoms with Gasteiger partial charge in [0.15, 0.2) is 5.13 Å². The van der Waals surface area contributed by atoms with E-state index in [1.807, 2.05) is 18.2 Å². The van der Waals surface area contributed by atoms with Crippen LogP contribution in [0.25, 0.3) is 10.2 Å². The minimum Gasteiger partial charge on any atom is -0.496 e. The first kappa shape index (κ1) is 18.4. The van der Waals surface area contributed by atoms with E-state index >= 15 is 0 Å². The predicted octanol–water partition coefficient (Wildman–Crippen LogP) is 3.13. The van der Waals surface area contributed by atoms with Gasteiger partial charge in [-0.3, -0.25) is 4.79 Å². The molecule has 3 aromatic rings. The summed E-state index contributed by atoms with van der Waals surface area (Å²) in [7, 11) is 1.60. The number of methoxy groups -OCH3 is 1. The highest BCUT2D eigenvalue weighted by Crippen LogP contribution is 2.35. The van der Waals surface area contributed by atoms with Crippen molar-refractivity contribution >= 4 is 32.6 Å². The Morgan fingerprint density at radius 3 is 2.93 bits per heavy atom. The number of nitrogens with one attached hydrogen (secondary N) is 2. The monoisotopic (exact) mass is 408 g/mol. The number of benzene rings is 2. The molecule has 150 valence electrons. The third-order valence-corrected chi connectivity index (χ3v) is 6.85. The van der Waals surface area contributed by atoms with Crippen molar-refractivity contribution < 1.29 is 9.53 Å². The van der Waals surface area contributed by atoms with E-state index in [-0.39, 0.29) is 11.9 Å². The normalized spacial score (nSPS) is 18.7. The third kappa shape index (κ3) is 3.45. The van der Waals surface area contributed by atoms with Crippen molar-refractivity contribution in [1.29, 1.82) is 0 Å². The molecule has 1 saturated heterocycles. The van der Waals surface area contributed by atoms with Crippen molar-refractivity contribution in [2.75, 3.05) is 38.2 Å². The van der Waals surface area contributed by atoms with Gasteiger partial charge in [-0.25, -0.2) is 4.98 Å². The van der Waals surface area contributed by atoms with Crippen LogP contribution in [0.3, 0.4) is 0 Å². The molecule has 1 unspecified atom stereocenters. The van der Waals surface area contributed by atoms with Gasteiger partial charge in [-0.2, -0.15) is 0 Å². The third-order valence-electron chi connectivity index (χ3n) is 5.77. The number of carbonyl (C=O) groups excluding carboxylic acids is 1. The van der Waals surface area contributed by atoms with Gasteiger partial charge in [-0.05, 0) is 30.0 Å². The van der Waals surface area contributed by atoms with Gasteiger partial charge >= 0.3 is 0 Å². The summed E-state index contributed by atoms with van der Waals surface area (Å²) in [6.45, 7) is 3.84. The van der Waals surface area contributed by atoms with Crippen molar-refractivity contribution in [2.24, 2.45) is 0 Å². The molecule has 1 fully saturated rings. The van der Waals surface area contributed by atoms with Crippen LogP contribution in [0.5, 0.6) is 5.75 Å². The van der Waals surface area contributed by atoms with Gasteiger partial charge in [0.2, 0.25) is 0 Å². The predicted molar refractivity (Wildman–Crippen MR) is 116 cm³/mol. The highest BCUT2D eigenvalue weighted by molar-refractivity contribution is 7.22. The Balaban J connectivity index is 1.43. The molecule has 1 aliphatic carbocycles. The number of ether oxygens (including phenoxy) is 1. The Morgan fingerprint density at radius 1 is 1.28 bits per heavy atom. The Kier molecular flexibility index (Phi) is 4.85. The van der Waals surface area contributed by atoms with Crippen LogP contribution in [0.2, 0.25) is 0 Å². The highest BCUT2D eigenvalue weighted by atomic mass is 32.1. The second kappa shape index (κ2) is 7.65. The fraction of sp³-hybridized carbons (Fsp3) is 0.364. The number of aromatic nitrogens is 1. The van der Waals surface area contributed by atoms with Gasteiger partial charge < -0.3 is 20.3 Å². The number of fused-ring (bicyclic) bond motifs is 2. The molecule has 1 aromatic heterocycles. The summed E-state index contributed by atoms with van der Waals surface area (Å²) in [6, 6.07) is 12.2. The topological polar surface area (TPSA) is 66.5 Å². The molecule has 1 atom stereocenters. The molecule has 2 heterocycles. The number of rotatable bonds is 4. The number of thiazole rings is 1. The SMILES string of the molecule is COc1cc2nc(N3CCNCC3)sc2cc1C(=O)NC1CCc2ccccc21. The van der Waals surface area contributed by atoms with Crippen LogP contribution >= 0.6 is 11.3 Å². The van der Waals surface area contributed by atoms with Gasteiger partial charge in [-0.15, -0.1) is 0 Å². The van der Waals surface area contributed by atoms with Crippen LogP contribution in [-0.4, -0.2) is 44.2 Å². The number of nitrogens with zero attached hydrogens (tertiary/aromatic N) is 2. The van der Waals surface area contributed by atoms with Crippen LogP contribution in [-0.2, 0) is 6.42 Å². The lowest BCUT2D eigenvalue weighted by molar-refractivity contribution is 0.0934. The summed E-state index contributed by atoms with van der Waals surface area (Å²) >= 11 is 1.64. The molecule has 2 aliphatic rings. The molecule has 0 spiro atoms. The fourth-order valence-corrected chi connectivity index (χ4v) is 5.26. The lowest BCUT2D eigenvalue weighted by Crippen LogP contribution is -2.43. The minimum atomic E-state index is -0.0948. The molecule has 6 nitrogen and oxygen atoms in total. The largest absolute Gasteiger partial charge is 0.496 e. The molecule has 0 saturated carbocycles. The maximum atomic E-state index is 13.1. The van der Waals surface area contributed by atoms with Gasteiger partial charge in [0.1, 0.15) is 5.75 Å². The molecule has 2 N–H and O–H groups in total. The van der Waals surface area contributed by atoms with E-state index in [0.29, 0.717) is 11.3 Å². The minimum absolute atomic E-state index is 0.0528. The average molecular weight is 409 g/mol. The molecule has 2 aromatic carbocycles. The quantitative estimate of drug-likeness (QED) is 0.694. The number of hydrogen-bond donors (Lipinski definition) is 2. The average Bonchev–Trinajstić information content (AvgIpc) is 3.37. The summed E-state index contributed by atoms with van der Waals surface area (Å²) in [6.07, 6.45) is 1.93. The number of amides is 1. The second-order valence-electron chi connectivity index (χ2n) is 7.52. The van der Waals surface area contributed by atoms with Crippen molar-refractivity contribution in [3.05, 3.63) is 53.1 Å². The van der Waals surface area contributed by atoms with Crippen LogP contribution in [0.15, 0.2) is 36.4 Å². The molecule has 7 heteroatoms. The van der Waals surface area contributed by atoms with Gasteiger partial charge in [0.25, 0.3) is 5.91 Å². The highest BCUT2D eigenvalue weighted by Gasteiger charge is 2.26. The Hall–Kier alpha value is -2.64. The summed E-state index contributed by atoms with van der Waals surface area (Å²) in [5, 5.41) is 7.58. The number of carbonyl (C=O) groups is 1. The number of anilines is 1. The Labute approximate surface area is 173 Å². The lowest BCUT2D eigenvalue weighted by atomic mass is 10.1. The number of aryl methyl sites for hydroxylation is 1. The van der Waals surface area contributed by atoms with Crippen LogP contribution in [0, 0.1) is 0 Å².